The monoisotopic (exact) mass is 254 g/mol. The highest BCUT2D eigenvalue weighted by atomic mass is 16.6. The summed E-state index contributed by atoms with van der Waals surface area (Å²) in [7, 11) is 0. The summed E-state index contributed by atoms with van der Waals surface area (Å²) in [6.07, 6.45) is 0.545. The van der Waals surface area contributed by atoms with Crippen LogP contribution in [0.3, 0.4) is 0 Å². The molecule has 0 bridgehead atoms. The van der Waals surface area contributed by atoms with Crippen molar-refractivity contribution in [2.45, 2.75) is 0 Å². The lowest BCUT2D eigenvalue weighted by Gasteiger charge is -2.04. The molecule has 0 atom stereocenters. The molecule has 0 spiro atoms. The van der Waals surface area contributed by atoms with Crippen molar-refractivity contribution in [3.05, 3.63) is 71.3 Å². The van der Waals surface area contributed by atoms with Gasteiger partial charge in [0.2, 0.25) is 0 Å². The molecule has 4 heteroatoms. The maximum absolute atomic E-state index is 11.8. The van der Waals surface area contributed by atoms with Crippen LogP contribution >= 0.6 is 0 Å². The quantitative estimate of drug-likeness (QED) is 0.479. The number of carbonyl (C=O) groups excluding carboxylic acids is 3. The molecule has 0 aromatic heterocycles. The van der Waals surface area contributed by atoms with Gasteiger partial charge in [-0.25, -0.2) is 9.59 Å². The average molecular weight is 254 g/mol. The Bertz CT molecular complexity index is 617. The fourth-order valence-corrected chi connectivity index (χ4v) is 1.56. The van der Waals surface area contributed by atoms with Gasteiger partial charge in [-0.15, -0.1) is 0 Å². The van der Waals surface area contributed by atoms with Gasteiger partial charge in [-0.1, -0.05) is 36.4 Å². The predicted octanol–water partition coefficient (Wildman–Crippen LogP) is 2.50. The molecule has 0 aliphatic rings. The zero-order valence-corrected chi connectivity index (χ0v) is 9.91. The molecule has 0 N–H and O–H groups in total. The number of esters is 2. The van der Waals surface area contributed by atoms with Gasteiger partial charge in [-0.2, -0.15) is 0 Å². The standard InChI is InChI=1S/C15H10O4/c16-10-12-8-4-5-9-13(12)15(18)19-14(17)11-6-2-1-3-7-11/h1-10H. The van der Waals surface area contributed by atoms with Crippen LogP contribution in [0.1, 0.15) is 31.1 Å². The topological polar surface area (TPSA) is 60.4 Å². The fraction of sp³-hybridized carbons (Fsp3) is 0. The summed E-state index contributed by atoms with van der Waals surface area (Å²) < 4.78 is 4.73. The first-order valence-electron chi connectivity index (χ1n) is 5.58. The predicted molar refractivity (Wildman–Crippen MR) is 68.0 cm³/mol. The molecule has 0 fully saturated rings. The summed E-state index contributed by atoms with van der Waals surface area (Å²) >= 11 is 0. The average Bonchev–Trinajstić information content (AvgIpc) is 2.48. The minimum atomic E-state index is -0.837. The molecule has 0 aliphatic carbocycles. The van der Waals surface area contributed by atoms with Crippen molar-refractivity contribution in [2.24, 2.45) is 0 Å². The van der Waals surface area contributed by atoms with E-state index < -0.39 is 11.9 Å². The SMILES string of the molecule is O=Cc1ccccc1C(=O)OC(=O)c1ccccc1. The third-order valence-corrected chi connectivity index (χ3v) is 2.50. The first-order chi connectivity index (χ1) is 9.22. The summed E-state index contributed by atoms with van der Waals surface area (Å²) in [5, 5.41) is 0. The highest BCUT2D eigenvalue weighted by molar-refractivity contribution is 6.05. The summed E-state index contributed by atoms with van der Waals surface area (Å²) in [5.41, 5.74) is 0.537. The lowest BCUT2D eigenvalue weighted by molar-refractivity contribution is 0.0396. The first kappa shape index (κ1) is 12.7. The summed E-state index contributed by atoms with van der Waals surface area (Å²) in [6.45, 7) is 0. The van der Waals surface area contributed by atoms with E-state index in [-0.39, 0.29) is 16.7 Å². The van der Waals surface area contributed by atoms with Crippen LogP contribution in [-0.2, 0) is 4.74 Å². The molecule has 2 aromatic carbocycles. The van der Waals surface area contributed by atoms with Crippen molar-refractivity contribution in [2.75, 3.05) is 0 Å². The van der Waals surface area contributed by atoms with Gasteiger partial charge in [0.05, 0.1) is 11.1 Å². The number of hydrogen-bond acceptors (Lipinski definition) is 4. The molecule has 0 aliphatic heterocycles. The molecule has 4 nitrogen and oxygen atoms in total. The van der Waals surface area contributed by atoms with Crippen molar-refractivity contribution in [3.63, 3.8) is 0 Å². The van der Waals surface area contributed by atoms with Gasteiger partial charge in [0.25, 0.3) is 0 Å². The number of carbonyl (C=O) groups is 3. The molecular weight excluding hydrogens is 244 g/mol. The van der Waals surface area contributed by atoms with E-state index in [2.05, 4.69) is 0 Å². The van der Waals surface area contributed by atoms with Gasteiger partial charge in [0.1, 0.15) is 0 Å². The molecule has 0 saturated heterocycles. The molecule has 94 valence electrons. The van der Waals surface area contributed by atoms with Gasteiger partial charge in [-0.05, 0) is 18.2 Å². The van der Waals surface area contributed by atoms with Crippen LogP contribution in [0.4, 0.5) is 0 Å². The molecule has 0 heterocycles. The van der Waals surface area contributed by atoms with E-state index in [1.807, 2.05) is 0 Å². The Morgan fingerprint density at radius 3 is 2.16 bits per heavy atom. The third-order valence-electron chi connectivity index (χ3n) is 2.50. The Hall–Kier alpha value is -2.75. The maximum Gasteiger partial charge on any atom is 0.346 e. The molecule has 0 amide bonds. The normalized spacial score (nSPS) is 9.68. The maximum atomic E-state index is 11.8. The number of rotatable bonds is 3. The van der Waals surface area contributed by atoms with Crippen molar-refractivity contribution < 1.29 is 19.1 Å². The number of ether oxygens (including phenoxy) is 1. The molecule has 2 aromatic rings. The van der Waals surface area contributed by atoms with Crippen molar-refractivity contribution in [1.82, 2.24) is 0 Å². The molecule has 2 rings (SSSR count). The highest BCUT2D eigenvalue weighted by Crippen LogP contribution is 2.10. The van der Waals surface area contributed by atoms with Gasteiger partial charge in [0, 0.05) is 5.56 Å². The number of aldehydes is 1. The Balaban J connectivity index is 2.18. The smallest absolute Gasteiger partial charge is 0.346 e. The van der Waals surface area contributed by atoms with Crippen LogP contribution in [0, 0.1) is 0 Å². The van der Waals surface area contributed by atoms with E-state index in [1.54, 1.807) is 42.5 Å². The van der Waals surface area contributed by atoms with Crippen LogP contribution < -0.4 is 0 Å². The minimum absolute atomic E-state index is 0.0711. The van der Waals surface area contributed by atoms with Crippen LogP contribution in [0.2, 0.25) is 0 Å². The Morgan fingerprint density at radius 1 is 0.842 bits per heavy atom. The second-order valence-electron chi connectivity index (χ2n) is 3.75. The Labute approximate surface area is 109 Å². The van der Waals surface area contributed by atoms with Crippen LogP contribution in [0.5, 0.6) is 0 Å². The summed E-state index contributed by atoms with van der Waals surface area (Å²) in [4.78, 5) is 34.3. The van der Waals surface area contributed by atoms with E-state index in [4.69, 9.17) is 4.74 Å². The van der Waals surface area contributed by atoms with E-state index in [9.17, 15) is 14.4 Å². The van der Waals surface area contributed by atoms with Gasteiger partial charge < -0.3 is 4.74 Å². The first-order valence-corrected chi connectivity index (χ1v) is 5.58. The second kappa shape index (κ2) is 5.73. The van der Waals surface area contributed by atoms with Crippen molar-refractivity contribution in [3.8, 4) is 0 Å². The van der Waals surface area contributed by atoms with Gasteiger partial charge >= 0.3 is 11.9 Å². The number of hydrogen-bond donors (Lipinski definition) is 0. The van der Waals surface area contributed by atoms with Crippen LogP contribution in [0.15, 0.2) is 54.6 Å². The molecular formula is C15H10O4. The zero-order valence-electron chi connectivity index (χ0n) is 9.91. The fourth-order valence-electron chi connectivity index (χ4n) is 1.56. The van der Waals surface area contributed by atoms with Crippen molar-refractivity contribution in [1.29, 1.82) is 0 Å². The zero-order chi connectivity index (χ0) is 13.7. The van der Waals surface area contributed by atoms with Crippen LogP contribution in [0.25, 0.3) is 0 Å². The highest BCUT2D eigenvalue weighted by Gasteiger charge is 2.17. The molecule has 0 radical (unpaired) electrons. The van der Waals surface area contributed by atoms with E-state index in [0.717, 1.165) is 0 Å². The van der Waals surface area contributed by atoms with Gasteiger partial charge in [-0.3, -0.25) is 4.79 Å². The molecule has 0 saturated carbocycles. The minimum Gasteiger partial charge on any atom is -0.386 e. The third kappa shape index (κ3) is 2.93. The van der Waals surface area contributed by atoms with Gasteiger partial charge in [0.15, 0.2) is 6.29 Å². The lowest BCUT2D eigenvalue weighted by atomic mass is 10.1. The summed E-state index contributed by atoms with van der Waals surface area (Å²) in [5.74, 6) is -1.58. The van der Waals surface area contributed by atoms with E-state index in [1.165, 1.54) is 12.1 Å². The number of benzene rings is 2. The largest absolute Gasteiger partial charge is 0.386 e. The Kier molecular flexibility index (Phi) is 3.83. The molecule has 0 unspecified atom stereocenters. The Morgan fingerprint density at radius 2 is 1.47 bits per heavy atom. The lowest BCUT2D eigenvalue weighted by Crippen LogP contribution is -2.14. The second-order valence-corrected chi connectivity index (χ2v) is 3.75. The van der Waals surface area contributed by atoms with Crippen molar-refractivity contribution >= 4 is 18.2 Å². The molecule has 19 heavy (non-hydrogen) atoms. The van der Waals surface area contributed by atoms with E-state index >= 15 is 0 Å². The van der Waals surface area contributed by atoms with Crippen LogP contribution in [-0.4, -0.2) is 18.2 Å². The van der Waals surface area contributed by atoms with E-state index in [0.29, 0.717) is 6.29 Å². The summed E-state index contributed by atoms with van der Waals surface area (Å²) in [6, 6.07) is 14.3.